The highest BCUT2D eigenvalue weighted by Crippen LogP contribution is 2.25. The molecule has 1 aromatic carbocycles. The van der Waals surface area contributed by atoms with Gasteiger partial charge in [-0.05, 0) is 18.9 Å². The van der Waals surface area contributed by atoms with E-state index in [9.17, 15) is 0 Å². The fourth-order valence-corrected chi connectivity index (χ4v) is 1.49. The molecule has 0 aliphatic carbocycles. The van der Waals surface area contributed by atoms with E-state index in [2.05, 4.69) is 12.8 Å². The number of rotatable bonds is 6. The molecule has 2 heteroatoms. The summed E-state index contributed by atoms with van der Waals surface area (Å²) in [5.41, 5.74) is 7.09. The number of unbranched alkanes of at least 4 members (excludes halogenated alkanes) is 1. The molecule has 0 fully saturated rings. The predicted octanol–water partition coefficient (Wildman–Crippen LogP) is 2.89. The van der Waals surface area contributed by atoms with Crippen molar-refractivity contribution >= 4 is 0 Å². The Balaban J connectivity index is 2.61. The summed E-state index contributed by atoms with van der Waals surface area (Å²) in [7, 11) is 0. The Morgan fingerprint density at radius 1 is 1.44 bits per heavy atom. The van der Waals surface area contributed by atoms with Gasteiger partial charge in [-0.1, -0.05) is 25.1 Å². The SMILES string of the molecule is C#CCCCOc1ccccc1[C@H](N)CC. The number of hydrogen-bond donors (Lipinski definition) is 1. The molecule has 0 unspecified atom stereocenters. The lowest BCUT2D eigenvalue weighted by Crippen LogP contribution is -2.11. The van der Waals surface area contributed by atoms with Crippen molar-refractivity contribution in [3.63, 3.8) is 0 Å². The molecule has 0 radical (unpaired) electrons. The Hall–Kier alpha value is -1.46. The lowest BCUT2D eigenvalue weighted by molar-refractivity contribution is 0.307. The first-order chi connectivity index (χ1) is 7.79. The summed E-state index contributed by atoms with van der Waals surface area (Å²) >= 11 is 0. The van der Waals surface area contributed by atoms with Crippen LogP contribution in [0.25, 0.3) is 0 Å². The smallest absolute Gasteiger partial charge is 0.124 e. The van der Waals surface area contributed by atoms with Gasteiger partial charge in [-0.3, -0.25) is 0 Å². The van der Waals surface area contributed by atoms with E-state index in [-0.39, 0.29) is 6.04 Å². The third-order valence-corrected chi connectivity index (χ3v) is 2.48. The molecule has 2 N–H and O–H groups in total. The van der Waals surface area contributed by atoms with Crippen molar-refractivity contribution in [2.75, 3.05) is 6.61 Å². The van der Waals surface area contributed by atoms with Gasteiger partial charge in [-0.25, -0.2) is 0 Å². The van der Waals surface area contributed by atoms with Crippen molar-refractivity contribution in [3.8, 4) is 18.1 Å². The van der Waals surface area contributed by atoms with E-state index < -0.39 is 0 Å². The number of hydrogen-bond acceptors (Lipinski definition) is 2. The van der Waals surface area contributed by atoms with Crippen LogP contribution in [0.5, 0.6) is 5.75 Å². The summed E-state index contributed by atoms with van der Waals surface area (Å²) in [4.78, 5) is 0. The Morgan fingerprint density at radius 2 is 2.19 bits per heavy atom. The van der Waals surface area contributed by atoms with Crippen molar-refractivity contribution in [2.45, 2.75) is 32.2 Å². The van der Waals surface area contributed by atoms with Crippen LogP contribution < -0.4 is 10.5 Å². The Labute approximate surface area is 97.8 Å². The van der Waals surface area contributed by atoms with E-state index in [0.29, 0.717) is 6.61 Å². The van der Waals surface area contributed by atoms with Crippen molar-refractivity contribution in [1.29, 1.82) is 0 Å². The maximum Gasteiger partial charge on any atom is 0.124 e. The Bertz CT molecular complexity index is 354. The highest BCUT2D eigenvalue weighted by atomic mass is 16.5. The molecular formula is C14H19NO. The molecule has 16 heavy (non-hydrogen) atoms. The first-order valence-electron chi connectivity index (χ1n) is 5.70. The molecule has 0 heterocycles. The van der Waals surface area contributed by atoms with Gasteiger partial charge in [0.15, 0.2) is 0 Å². The maximum absolute atomic E-state index is 6.01. The molecule has 1 rings (SSSR count). The number of ether oxygens (including phenoxy) is 1. The van der Waals surface area contributed by atoms with Crippen molar-refractivity contribution in [3.05, 3.63) is 29.8 Å². The molecule has 1 atom stereocenters. The number of para-hydroxylation sites is 1. The minimum Gasteiger partial charge on any atom is -0.493 e. The second kappa shape index (κ2) is 6.92. The lowest BCUT2D eigenvalue weighted by Gasteiger charge is -2.15. The predicted molar refractivity (Wildman–Crippen MR) is 67.2 cm³/mol. The molecule has 2 nitrogen and oxygen atoms in total. The average molecular weight is 217 g/mol. The van der Waals surface area contributed by atoms with Gasteiger partial charge in [-0.2, -0.15) is 0 Å². The molecule has 0 aliphatic heterocycles. The zero-order chi connectivity index (χ0) is 11.8. The molecule has 0 saturated carbocycles. The minimum atomic E-state index is 0.0452. The van der Waals surface area contributed by atoms with Gasteiger partial charge >= 0.3 is 0 Å². The maximum atomic E-state index is 6.01. The zero-order valence-electron chi connectivity index (χ0n) is 9.78. The summed E-state index contributed by atoms with van der Waals surface area (Å²) in [5, 5.41) is 0. The van der Waals surface area contributed by atoms with Gasteiger partial charge < -0.3 is 10.5 Å². The van der Waals surface area contributed by atoms with E-state index in [1.165, 1.54) is 0 Å². The lowest BCUT2D eigenvalue weighted by atomic mass is 10.0. The standard InChI is InChI=1S/C14H19NO/c1-3-5-8-11-16-14-10-7-6-9-12(14)13(15)4-2/h1,6-7,9-10,13H,4-5,8,11,15H2,2H3/t13-/m1/s1. The van der Waals surface area contributed by atoms with E-state index >= 15 is 0 Å². The summed E-state index contributed by atoms with van der Waals surface area (Å²) < 4.78 is 5.69. The average Bonchev–Trinajstić information content (AvgIpc) is 2.34. The Kier molecular flexibility index (Phi) is 5.45. The van der Waals surface area contributed by atoms with E-state index in [1.54, 1.807) is 0 Å². The molecule has 0 aliphatic rings. The second-order valence-electron chi connectivity index (χ2n) is 3.71. The molecule has 0 aromatic heterocycles. The van der Waals surface area contributed by atoms with Crippen LogP contribution >= 0.6 is 0 Å². The van der Waals surface area contributed by atoms with Gasteiger partial charge in [0.2, 0.25) is 0 Å². The van der Waals surface area contributed by atoms with E-state index in [0.717, 1.165) is 30.6 Å². The normalized spacial score (nSPS) is 11.8. The summed E-state index contributed by atoms with van der Waals surface area (Å²) in [5.74, 6) is 3.48. The first-order valence-corrected chi connectivity index (χ1v) is 5.70. The third-order valence-electron chi connectivity index (χ3n) is 2.48. The van der Waals surface area contributed by atoms with E-state index in [4.69, 9.17) is 16.9 Å². The number of benzene rings is 1. The largest absolute Gasteiger partial charge is 0.493 e. The molecule has 0 bridgehead atoms. The van der Waals surface area contributed by atoms with Gasteiger partial charge in [0.05, 0.1) is 6.61 Å². The number of terminal acetylenes is 1. The van der Waals surface area contributed by atoms with Crippen LogP contribution in [-0.2, 0) is 0 Å². The molecule has 0 spiro atoms. The Morgan fingerprint density at radius 3 is 2.88 bits per heavy atom. The topological polar surface area (TPSA) is 35.2 Å². The molecular weight excluding hydrogens is 198 g/mol. The van der Waals surface area contributed by atoms with Crippen LogP contribution in [0.3, 0.4) is 0 Å². The van der Waals surface area contributed by atoms with Crippen LogP contribution in [0.1, 0.15) is 37.8 Å². The third kappa shape index (κ3) is 3.60. The molecule has 1 aromatic rings. The molecule has 86 valence electrons. The van der Waals surface area contributed by atoms with Crippen LogP contribution in [0.4, 0.5) is 0 Å². The van der Waals surface area contributed by atoms with Crippen LogP contribution in [0, 0.1) is 12.3 Å². The van der Waals surface area contributed by atoms with Gasteiger partial charge in [0, 0.05) is 18.0 Å². The van der Waals surface area contributed by atoms with Gasteiger partial charge in [-0.15, -0.1) is 12.3 Å². The van der Waals surface area contributed by atoms with Crippen LogP contribution in [0.2, 0.25) is 0 Å². The fourth-order valence-electron chi connectivity index (χ4n) is 1.49. The summed E-state index contributed by atoms with van der Waals surface area (Å²) in [6.07, 6.45) is 7.72. The number of nitrogens with two attached hydrogens (primary N) is 1. The quantitative estimate of drug-likeness (QED) is 0.587. The van der Waals surface area contributed by atoms with Crippen LogP contribution in [-0.4, -0.2) is 6.61 Å². The second-order valence-corrected chi connectivity index (χ2v) is 3.71. The monoisotopic (exact) mass is 217 g/mol. The molecule has 0 amide bonds. The van der Waals surface area contributed by atoms with Crippen molar-refractivity contribution < 1.29 is 4.74 Å². The highest BCUT2D eigenvalue weighted by Gasteiger charge is 2.09. The highest BCUT2D eigenvalue weighted by molar-refractivity contribution is 5.35. The fraction of sp³-hybridized carbons (Fsp3) is 0.429. The zero-order valence-corrected chi connectivity index (χ0v) is 9.78. The van der Waals surface area contributed by atoms with Crippen LogP contribution in [0.15, 0.2) is 24.3 Å². The summed E-state index contributed by atoms with van der Waals surface area (Å²) in [6, 6.07) is 7.97. The van der Waals surface area contributed by atoms with Gasteiger partial charge in [0.1, 0.15) is 5.75 Å². The molecule has 0 saturated heterocycles. The summed E-state index contributed by atoms with van der Waals surface area (Å²) in [6.45, 7) is 2.72. The van der Waals surface area contributed by atoms with Gasteiger partial charge in [0.25, 0.3) is 0 Å². The van der Waals surface area contributed by atoms with Crippen molar-refractivity contribution in [2.24, 2.45) is 5.73 Å². The minimum absolute atomic E-state index is 0.0452. The first kappa shape index (κ1) is 12.6. The van der Waals surface area contributed by atoms with Crippen molar-refractivity contribution in [1.82, 2.24) is 0 Å². The van der Waals surface area contributed by atoms with E-state index in [1.807, 2.05) is 24.3 Å².